The lowest BCUT2D eigenvalue weighted by atomic mass is 10.2. The van der Waals surface area contributed by atoms with Crippen molar-refractivity contribution in [3.63, 3.8) is 0 Å². The molecule has 0 radical (unpaired) electrons. The lowest BCUT2D eigenvalue weighted by Crippen LogP contribution is -2.46. The molecule has 4 nitrogen and oxygen atoms in total. The summed E-state index contributed by atoms with van der Waals surface area (Å²) in [6.07, 6.45) is 0. The van der Waals surface area contributed by atoms with Crippen molar-refractivity contribution in [1.29, 1.82) is 0 Å². The highest BCUT2D eigenvalue weighted by atomic mass is 79.9. The molecule has 5 heteroatoms. The van der Waals surface area contributed by atoms with Crippen molar-refractivity contribution < 1.29 is 4.79 Å². The van der Waals surface area contributed by atoms with Crippen LogP contribution in [0.5, 0.6) is 0 Å². The first-order valence-corrected chi connectivity index (χ1v) is 5.09. The van der Waals surface area contributed by atoms with Gasteiger partial charge in [-0.05, 0) is 35.0 Å². The minimum absolute atomic E-state index is 0.00185. The Kier molecular flexibility index (Phi) is 2.19. The van der Waals surface area contributed by atoms with Crippen molar-refractivity contribution in [3.8, 4) is 0 Å². The van der Waals surface area contributed by atoms with E-state index in [2.05, 4.69) is 21.2 Å². The van der Waals surface area contributed by atoms with Crippen LogP contribution in [0.3, 0.4) is 0 Å². The highest BCUT2D eigenvalue weighted by Gasteiger charge is 2.22. The molecule has 14 heavy (non-hydrogen) atoms. The summed E-state index contributed by atoms with van der Waals surface area (Å²) in [5.41, 5.74) is 0.278. The van der Waals surface area contributed by atoms with Crippen LogP contribution in [-0.2, 0) is 6.54 Å². The number of pyridine rings is 1. The zero-order chi connectivity index (χ0) is 10.3. The molecule has 0 spiro atoms. The number of hydrogen-bond acceptors (Lipinski definition) is 2. The third kappa shape index (κ3) is 1.37. The maximum Gasteiger partial charge on any atom is 0.268 e. The molecule has 0 aromatic carbocycles. The Morgan fingerprint density at radius 3 is 2.93 bits per heavy atom. The molecule has 0 aliphatic carbocycles. The number of carbonyl (C=O) groups excluding carboxylic acids is 1. The van der Waals surface area contributed by atoms with Crippen LogP contribution in [0.4, 0.5) is 0 Å². The van der Waals surface area contributed by atoms with Crippen molar-refractivity contribution in [1.82, 2.24) is 9.88 Å². The zero-order valence-electron chi connectivity index (χ0n) is 7.58. The number of amides is 1. The minimum Gasteiger partial charge on any atom is -0.347 e. The normalized spacial score (nSPS) is 20.1. The van der Waals surface area contributed by atoms with Crippen molar-refractivity contribution >= 4 is 21.8 Å². The van der Waals surface area contributed by atoms with E-state index >= 15 is 0 Å². The Morgan fingerprint density at radius 2 is 2.21 bits per heavy atom. The summed E-state index contributed by atoms with van der Waals surface area (Å²) in [5, 5.41) is 2.77. The van der Waals surface area contributed by atoms with Crippen molar-refractivity contribution in [3.05, 3.63) is 32.7 Å². The molecule has 1 N–H and O–H groups in total. The van der Waals surface area contributed by atoms with Gasteiger partial charge in [0, 0.05) is 12.6 Å². The van der Waals surface area contributed by atoms with Gasteiger partial charge in [-0.15, -0.1) is 0 Å². The van der Waals surface area contributed by atoms with Crippen LogP contribution >= 0.6 is 15.9 Å². The van der Waals surface area contributed by atoms with Crippen LogP contribution in [0, 0.1) is 0 Å². The summed E-state index contributed by atoms with van der Waals surface area (Å²) in [5.74, 6) is -0.187. The molecule has 2 rings (SSSR count). The van der Waals surface area contributed by atoms with Gasteiger partial charge in [0.25, 0.3) is 11.5 Å². The second kappa shape index (κ2) is 3.24. The Balaban J connectivity index is 2.66. The fourth-order valence-electron chi connectivity index (χ4n) is 1.55. The van der Waals surface area contributed by atoms with Gasteiger partial charge >= 0.3 is 0 Å². The number of nitrogens with one attached hydrogen (secondary N) is 1. The summed E-state index contributed by atoms with van der Waals surface area (Å²) < 4.78 is 1.98. The van der Waals surface area contributed by atoms with Gasteiger partial charge in [-0.2, -0.15) is 0 Å². The van der Waals surface area contributed by atoms with Crippen LogP contribution in [-0.4, -0.2) is 16.5 Å². The molecule has 1 aliphatic rings. The van der Waals surface area contributed by atoms with Gasteiger partial charge in [-0.3, -0.25) is 9.59 Å². The zero-order valence-corrected chi connectivity index (χ0v) is 9.17. The van der Waals surface area contributed by atoms with Gasteiger partial charge in [-0.1, -0.05) is 0 Å². The second-order valence-corrected chi connectivity index (χ2v) is 4.21. The quantitative estimate of drug-likeness (QED) is 0.745. The molecule has 0 fully saturated rings. The molecule has 0 saturated heterocycles. The maximum absolute atomic E-state index is 11.6. The number of halogens is 1. The topological polar surface area (TPSA) is 51.1 Å². The molecule has 2 heterocycles. The summed E-state index contributed by atoms with van der Waals surface area (Å²) in [7, 11) is 0. The van der Waals surface area contributed by atoms with Gasteiger partial charge in [0.15, 0.2) is 0 Å². The van der Waals surface area contributed by atoms with E-state index in [0.29, 0.717) is 16.7 Å². The first-order valence-electron chi connectivity index (χ1n) is 4.30. The summed E-state index contributed by atoms with van der Waals surface area (Å²) in [6.45, 7) is 2.40. The number of hydrogen-bond donors (Lipinski definition) is 1. The van der Waals surface area contributed by atoms with E-state index in [-0.39, 0.29) is 17.5 Å². The van der Waals surface area contributed by atoms with E-state index in [1.165, 1.54) is 4.57 Å². The number of nitrogens with zero attached hydrogens (tertiary/aromatic N) is 1. The van der Waals surface area contributed by atoms with Crippen molar-refractivity contribution in [2.24, 2.45) is 0 Å². The van der Waals surface area contributed by atoms with E-state index in [1.807, 2.05) is 6.92 Å². The van der Waals surface area contributed by atoms with Crippen molar-refractivity contribution in [2.45, 2.75) is 19.5 Å². The van der Waals surface area contributed by atoms with Crippen molar-refractivity contribution in [2.75, 3.05) is 0 Å². The van der Waals surface area contributed by atoms with Crippen LogP contribution in [0.15, 0.2) is 21.4 Å². The SMILES string of the molecule is CC1Cn2c(ccc(Br)c2=O)C(=O)N1. The van der Waals surface area contributed by atoms with Gasteiger partial charge < -0.3 is 9.88 Å². The lowest BCUT2D eigenvalue weighted by molar-refractivity contribution is 0.0903. The number of carbonyl (C=O) groups is 1. The third-order valence-electron chi connectivity index (χ3n) is 2.19. The predicted molar refractivity (Wildman–Crippen MR) is 55.3 cm³/mol. The predicted octanol–water partition coefficient (Wildman–Crippen LogP) is 0.743. The molecular weight excluding hydrogens is 248 g/mol. The molecule has 1 aliphatic heterocycles. The van der Waals surface area contributed by atoms with E-state index in [4.69, 9.17) is 0 Å². The summed E-state index contributed by atoms with van der Waals surface area (Å²) in [4.78, 5) is 23.1. The Morgan fingerprint density at radius 1 is 1.50 bits per heavy atom. The number of aromatic nitrogens is 1. The molecule has 1 amide bonds. The lowest BCUT2D eigenvalue weighted by Gasteiger charge is -2.24. The summed E-state index contributed by atoms with van der Waals surface area (Å²) >= 11 is 3.15. The molecule has 0 bridgehead atoms. The first kappa shape index (κ1) is 9.45. The van der Waals surface area contributed by atoms with Crippen LogP contribution in [0.2, 0.25) is 0 Å². The van der Waals surface area contributed by atoms with Gasteiger partial charge in [0.2, 0.25) is 0 Å². The van der Waals surface area contributed by atoms with Gasteiger partial charge in [0.05, 0.1) is 4.47 Å². The minimum atomic E-state index is -0.187. The van der Waals surface area contributed by atoms with Crippen LogP contribution in [0.25, 0.3) is 0 Å². The Bertz CT molecular complexity index is 453. The molecule has 1 unspecified atom stereocenters. The molecule has 74 valence electrons. The molecule has 1 atom stereocenters. The third-order valence-corrected chi connectivity index (χ3v) is 2.80. The number of fused-ring (bicyclic) bond motifs is 1. The highest BCUT2D eigenvalue weighted by Crippen LogP contribution is 2.10. The second-order valence-electron chi connectivity index (χ2n) is 3.36. The van der Waals surface area contributed by atoms with E-state index in [1.54, 1.807) is 12.1 Å². The van der Waals surface area contributed by atoms with Crippen LogP contribution in [0.1, 0.15) is 17.4 Å². The van der Waals surface area contributed by atoms with Crippen LogP contribution < -0.4 is 10.9 Å². The monoisotopic (exact) mass is 256 g/mol. The largest absolute Gasteiger partial charge is 0.347 e. The van der Waals surface area contributed by atoms with E-state index in [9.17, 15) is 9.59 Å². The molecule has 1 aromatic rings. The molecule has 1 aromatic heterocycles. The standard InChI is InChI=1S/C9H9BrN2O2/c1-5-4-12-7(8(13)11-5)3-2-6(10)9(12)14/h2-3,5H,4H2,1H3,(H,11,13). The Hall–Kier alpha value is -1.10. The average molecular weight is 257 g/mol. The maximum atomic E-state index is 11.6. The Labute approximate surface area is 89.1 Å². The van der Waals surface area contributed by atoms with Gasteiger partial charge in [-0.25, -0.2) is 0 Å². The van der Waals surface area contributed by atoms with E-state index in [0.717, 1.165) is 0 Å². The first-order chi connectivity index (χ1) is 6.59. The average Bonchev–Trinajstić information content (AvgIpc) is 2.12. The van der Waals surface area contributed by atoms with Gasteiger partial charge in [0.1, 0.15) is 5.69 Å². The summed E-state index contributed by atoms with van der Waals surface area (Å²) in [6, 6.07) is 3.25. The fourth-order valence-corrected chi connectivity index (χ4v) is 1.89. The molecular formula is C9H9BrN2O2. The molecule has 0 saturated carbocycles. The smallest absolute Gasteiger partial charge is 0.268 e. The highest BCUT2D eigenvalue weighted by molar-refractivity contribution is 9.10. The number of rotatable bonds is 0. The van der Waals surface area contributed by atoms with E-state index < -0.39 is 0 Å². The fraction of sp³-hybridized carbons (Fsp3) is 0.333.